The molecule has 3 N–H and O–H groups in total. The summed E-state index contributed by atoms with van der Waals surface area (Å²) in [5.74, 6) is 4.07. The standard InChI is InChI=1S/C6H13NO3/c1-2-5(10-7)3-4-6(8)9/h5H,2-4,7H2,1H3,(H,8,9). The lowest BCUT2D eigenvalue weighted by Gasteiger charge is -2.08. The lowest BCUT2D eigenvalue weighted by atomic mass is 10.1. The molecular weight excluding hydrogens is 134 g/mol. The molecule has 0 radical (unpaired) electrons. The summed E-state index contributed by atoms with van der Waals surface area (Å²) < 4.78 is 0. The molecule has 0 saturated heterocycles. The van der Waals surface area contributed by atoms with Gasteiger partial charge in [-0.3, -0.25) is 4.79 Å². The summed E-state index contributed by atoms with van der Waals surface area (Å²) in [5, 5.41) is 8.26. The van der Waals surface area contributed by atoms with E-state index in [1.165, 1.54) is 0 Å². The first-order chi connectivity index (χ1) is 4.70. The Bertz CT molecular complexity index is 101. The molecule has 60 valence electrons. The molecule has 0 rings (SSSR count). The Kier molecular flexibility index (Phi) is 4.88. The van der Waals surface area contributed by atoms with Crippen molar-refractivity contribution in [1.82, 2.24) is 0 Å². The minimum Gasteiger partial charge on any atom is -0.481 e. The van der Waals surface area contributed by atoms with Gasteiger partial charge in [0.1, 0.15) is 0 Å². The monoisotopic (exact) mass is 147 g/mol. The summed E-state index contributed by atoms with van der Waals surface area (Å²) in [7, 11) is 0. The predicted molar refractivity (Wildman–Crippen MR) is 36.2 cm³/mol. The maximum absolute atomic E-state index is 10.0. The predicted octanol–water partition coefficient (Wildman–Crippen LogP) is 0.520. The van der Waals surface area contributed by atoms with E-state index < -0.39 is 5.97 Å². The normalized spacial score (nSPS) is 13.0. The Morgan fingerprint density at radius 2 is 2.40 bits per heavy atom. The van der Waals surface area contributed by atoms with Crippen LogP contribution >= 0.6 is 0 Å². The second-order valence-electron chi connectivity index (χ2n) is 2.10. The van der Waals surface area contributed by atoms with Gasteiger partial charge in [-0.15, -0.1) is 0 Å². The van der Waals surface area contributed by atoms with Crippen molar-refractivity contribution < 1.29 is 14.7 Å². The molecule has 0 aliphatic rings. The van der Waals surface area contributed by atoms with E-state index in [9.17, 15) is 4.79 Å². The van der Waals surface area contributed by atoms with E-state index >= 15 is 0 Å². The van der Waals surface area contributed by atoms with Crippen molar-refractivity contribution in [2.45, 2.75) is 32.3 Å². The highest BCUT2D eigenvalue weighted by atomic mass is 16.6. The second-order valence-corrected chi connectivity index (χ2v) is 2.10. The van der Waals surface area contributed by atoms with E-state index in [0.717, 1.165) is 6.42 Å². The fraction of sp³-hybridized carbons (Fsp3) is 0.833. The highest BCUT2D eigenvalue weighted by Crippen LogP contribution is 2.03. The van der Waals surface area contributed by atoms with Crippen LogP contribution in [0, 0.1) is 0 Å². The van der Waals surface area contributed by atoms with Gasteiger partial charge in [-0.25, -0.2) is 5.90 Å². The molecule has 4 nitrogen and oxygen atoms in total. The van der Waals surface area contributed by atoms with E-state index in [0.29, 0.717) is 6.42 Å². The van der Waals surface area contributed by atoms with E-state index in [1.54, 1.807) is 0 Å². The maximum Gasteiger partial charge on any atom is 0.303 e. The molecule has 10 heavy (non-hydrogen) atoms. The summed E-state index contributed by atoms with van der Waals surface area (Å²) in [6.07, 6.45) is 1.25. The lowest BCUT2D eigenvalue weighted by molar-refractivity contribution is -0.137. The van der Waals surface area contributed by atoms with Gasteiger partial charge in [0.05, 0.1) is 6.10 Å². The first kappa shape index (κ1) is 9.39. The number of rotatable bonds is 5. The van der Waals surface area contributed by atoms with Crippen LogP contribution in [0.3, 0.4) is 0 Å². The van der Waals surface area contributed by atoms with Crippen LogP contribution in [0.5, 0.6) is 0 Å². The van der Waals surface area contributed by atoms with Gasteiger partial charge in [-0.05, 0) is 12.8 Å². The molecule has 0 saturated carbocycles. The van der Waals surface area contributed by atoms with Gasteiger partial charge in [-0.2, -0.15) is 0 Å². The van der Waals surface area contributed by atoms with Crippen molar-refractivity contribution in [1.29, 1.82) is 0 Å². The number of carboxylic acids is 1. The summed E-state index contributed by atoms with van der Waals surface area (Å²) >= 11 is 0. The van der Waals surface area contributed by atoms with E-state index in [-0.39, 0.29) is 12.5 Å². The first-order valence-electron chi connectivity index (χ1n) is 3.28. The fourth-order valence-corrected chi connectivity index (χ4v) is 0.653. The van der Waals surface area contributed by atoms with Crippen molar-refractivity contribution in [3.63, 3.8) is 0 Å². The Morgan fingerprint density at radius 1 is 1.80 bits per heavy atom. The van der Waals surface area contributed by atoms with Crippen LogP contribution < -0.4 is 5.90 Å². The van der Waals surface area contributed by atoms with Crippen LogP contribution in [-0.2, 0) is 9.63 Å². The summed E-state index contributed by atoms with van der Waals surface area (Å²) in [5.41, 5.74) is 0. The third-order valence-electron chi connectivity index (χ3n) is 1.33. The molecule has 0 aromatic rings. The van der Waals surface area contributed by atoms with Crippen LogP contribution in [0.2, 0.25) is 0 Å². The Morgan fingerprint density at radius 3 is 2.70 bits per heavy atom. The Labute approximate surface area is 59.9 Å². The zero-order chi connectivity index (χ0) is 7.98. The maximum atomic E-state index is 10.0. The average molecular weight is 147 g/mol. The average Bonchev–Trinajstić information content (AvgIpc) is 1.90. The van der Waals surface area contributed by atoms with Crippen LogP contribution in [0.4, 0.5) is 0 Å². The minimum atomic E-state index is -0.810. The fourth-order valence-electron chi connectivity index (χ4n) is 0.653. The smallest absolute Gasteiger partial charge is 0.303 e. The van der Waals surface area contributed by atoms with Gasteiger partial charge in [0.15, 0.2) is 0 Å². The van der Waals surface area contributed by atoms with Crippen molar-refractivity contribution in [2.75, 3.05) is 0 Å². The van der Waals surface area contributed by atoms with Crippen molar-refractivity contribution in [2.24, 2.45) is 5.90 Å². The second kappa shape index (κ2) is 5.20. The van der Waals surface area contributed by atoms with Gasteiger partial charge in [-0.1, -0.05) is 6.92 Å². The van der Waals surface area contributed by atoms with Crippen molar-refractivity contribution in [3.05, 3.63) is 0 Å². The topological polar surface area (TPSA) is 72.5 Å². The molecule has 0 heterocycles. The van der Waals surface area contributed by atoms with Gasteiger partial charge >= 0.3 is 5.97 Å². The number of aliphatic carboxylic acids is 1. The molecule has 1 atom stereocenters. The Hall–Kier alpha value is -0.610. The minimum absolute atomic E-state index is 0.115. The van der Waals surface area contributed by atoms with E-state index in [4.69, 9.17) is 11.0 Å². The Balaban J connectivity index is 3.34. The SMILES string of the molecule is CCC(CCC(=O)O)ON. The zero-order valence-electron chi connectivity index (χ0n) is 6.04. The molecule has 0 fully saturated rings. The van der Waals surface area contributed by atoms with Crippen molar-refractivity contribution >= 4 is 5.97 Å². The molecule has 1 unspecified atom stereocenters. The third kappa shape index (κ3) is 4.29. The van der Waals surface area contributed by atoms with Crippen LogP contribution in [-0.4, -0.2) is 17.2 Å². The number of carbonyl (C=O) groups is 1. The van der Waals surface area contributed by atoms with Crippen molar-refractivity contribution in [3.8, 4) is 0 Å². The molecule has 0 spiro atoms. The molecule has 0 amide bonds. The molecule has 0 aliphatic carbocycles. The summed E-state index contributed by atoms with van der Waals surface area (Å²) in [4.78, 5) is 14.5. The number of carboxylic acid groups (broad SMARTS) is 1. The summed E-state index contributed by atoms with van der Waals surface area (Å²) in [6.45, 7) is 1.90. The van der Waals surface area contributed by atoms with E-state index in [1.807, 2.05) is 6.92 Å². The largest absolute Gasteiger partial charge is 0.481 e. The number of nitrogens with two attached hydrogens (primary N) is 1. The zero-order valence-corrected chi connectivity index (χ0v) is 6.04. The van der Waals surface area contributed by atoms with Gasteiger partial charge in [0.2, 0.25) is 0 Å². The van der Waals surface area contributed by atoms with Crippen LogP contribution in [0.1, 0.15) is 26.2 Å². The molecule has 4 heteroatoms. The van der Waals surface area contributed by atoms with Gasteiger partial charge < -0.3 is 9.94 Å². The molecule has 0 bridgehead atoms. The van der Waals surface area contributed by atoms with Crippen LogP contribution in [0.25, 0.3) is 0 Å². The highest BCUT2D eigenvalue weighted by molar-refractivity contribution is 5.66. The third-order valence-corrected chi connectivity index (χ3v) is 1.33. The first-order valence-corrected chi connectivity index (χ1v) is 3.28. The summed E-state index contributed by atoms with van der Waals surface area (Å²) in [6, 6.07) is 0. The molecule has 0 aromatic carbocycles. The highest BCUT2D eigenvalue weighted by Gasteiger charge is 2.06. The number of hydrogen-bond donors (Lipinski definition) is 2. The van der Waals surface area contributed by atoms with Gasteiger partial charge in [0.25, 0.3) is 0 Å². The molecular formula is C6H13NO3. The quantitative estimate of drug-likeness (QED) is 0.556. The molecule has 0 aromatic heterocycles. The van der Waals surface area contributed by atoms with E-state index in [2.05, 4.69) is 4.84 Å². The molecule has 0 aliphatic heterocycles. The van der Waals surface area contributed by atoms with Crippen LogP contribution in [0.15, 0.2) is 0 Å². The lowest BCUT2D eigenvalue weighted by Crippen LogP contribution is -2.17. The van der Waals surface area contributed by atoms with Gasteiger partial charge in [0, 0.05) is 6.42 Å². The number of hydrogen-bond acceptors (Lipinski definition) is 3.